The van der Waals surface area contributed by atoms with Crippen LogP contribution in [0.4, 0.5) is 0 Å². The molecule has 0 amide bonds. The monoisotopic (exact) mass is 185 g/mol. The van der Waals surface area contributed by atoms with Crippen molar-refractivity contribution in [1.82, 2.24) is 0 Å². The van der Waals surface area contributed by atoms with E-state index in [-0.39, 0.29) is 5.92 Å². The number of hydrogen-bond acceptors (Lipinski definition) is 1. The second-order valence-electron chi connectivity index (χ2n) is 3.12. The van der Waals surface area contributed by atoms with E-state index >= 15 is 0 Å². The second-order valence-corrected chi connectivity index (χ2v) is 3.12. The van der Waals surface area contributed by atoms with Gasteiger partial charge in [0.2, 0.25) is 0 Å². The van der Waals surface area contributed by atoms with E-state index < -0.39 is 0 Å². The van der Waals surface area contributed by atoms with E-state index in [2.05, 4.69) is 37.3 Å². The molecule has 0 saturated heterocycles. The normalized spacial score (nSPS) is 13.4. The molecule has 0 N–H and O–H groups in total. The van der Waals surface area contributed by atoms with Crippen LogP contribution in [0, 0.1) is 0 Å². The zero-order chi connectivity index (χ0) is 10.4. The van der Waals surface area contributed by atoms with Gasteiger partial charge in [-0.1, -0.05) is 49.9 Å². The van der Waals surface area contributed by atoms with Crippen LogP contribution in [0.2, 0.25) is 0 Å². The van der Waals surface area contributed by atoms with Gasteiger partial charge in [-0.15, -0.1) is 0 Å². The SMILES string of the molecule is C=C/C=C(\N=C)C(C)c1ccccc1. The highest BCUT2D eigenvalue weighted by Gasteiger charge is 2.07. The average Bonchev–Trinajstić information content (AvgIpc) is 2.26. The molecule has 1 unspecified atom stereocenters. The lowest BCUT2D eigenvalue weighted by atomic mass is 9.98. The Hall–Kier alpha value is -1.63. The third kappa shape index (κ3) is 2.43. The predicted octanol–water partition coefficient (Wildman–Crippen LogP) is 3.56. The van der Waals surface area contributed by atoms with Gasteiger partial charge in [0.25, 0.3) is 0 Å². The highest BCUT2D eigenvalue weighted by Crippen LogP contribution is 2.23. The van der Waals surface area contributed by atoms with E-state index in [1.54, 1.807) is 6.08 Å². The van der Waals surface area contributed by atoms with Crippen molar-refractivity contribution in [2.24, 2.45) is 4.99 Å². The third-order valence-electron chi connectivity index (χ3n) is 2.21. The van der Waals surface area contributed by atoms with Gasteiger partial charge < -0.3 is 0 Å². The number of rotatable bonds is 4. The summed E-state index contributed by atoms with van der Waals surface area (Å²) >= 11 is 0. The summed E-state index contributed by atoms with van der Waals surface area (Å²) in [5.41, 5.74) is 2.19. The molecular formula is C13H15N. The fourth-order valence-electron chi connectivity index (χ4n) is 1.37. The van der Waals surface area contributed by atoms with Gasteiger partial charge in [-0.25, -0.2) is 0 Å². The van der Waals surface area contributed by atoms with Crippen molar-refractivity contribution in [1.29, 1.82) is 0 Å². The first-order valence-corrected chi connectivity index (χ1v) is 4.64. The van der Waals surface area contributed by atoms with Crippen LogP contribution in [0.3, 0.4) is 0 Å². The van der Waals surface area contributed by atoms with Crippen LogP contribution in [0.25, 0.3) is 0 Å². The Morgan fingerprint density at radius 1 is 1.36 bits per heavy atom. The molecule has 0 fully saturated rings. The van der Waals surface area contributed by atoms with E-state index in [4.69, 9.17) is 0 Å². The molecular weight excluding hydrogens is 170 g/mol. The van der Waals surface area contributed by atoms with Crippen LogP contribution < -0.4 is 0 Å². The molecule has 1 aromatic rings. The molecule has 0 aliphatic rings. The Morgan fingerprint density at radius 2 is 2.00 bits per heavy atom. The van der Waals surface area contributed by atoms with Crippen LogP contribution in [-0.2, 0) is 0 Å². The quantitative estimate of drug-likeness (QED) is 0.502. The summed E-state index contributed by atoms with van der Waals surface area (Å²) in [7, 11) is 0. The standard InChI is InChI=1S/C13H15N/c1-4-8-13(14-3)11(2)12-9-6-5-7-10-12/h4-11H,1,3H2,2H3/b13-8-. The summed E-state index contributed by atoms with van der Waals surface area (Å²) in [5.74, 6) is 0.270. The van der Waals surface area contributed by atoms with Crippen LogP contribution in [0.15, 0.2) is 59.8 Å². The molecule has 0 bridgehead atoms. The number of benzene rings is 1. The van der Waals surface area contributed by atoms with Crippen molar-refractivity contribution < 1.29 is 0 Å². The van der Waals surface area contributed by atoms with E-state index in [0.717, 1.165) is 5.70 Å². The summed E-state index contributed by atoms with van der Waals surface area (Å²) in [6, 6.07) is 10.2. The number of allylic oxidation sites excluding steroid dienone is 3. The molecule has 1 aromatic carbocycles. The Balaban J connectivity index is 2.94. The fourth-order valence-corrected chi connectivity index (χ4v) is 1.37. The number of nitrogens with zero attached hydrogens (tertiary/aromatic N) is 1. The zero-order valence-electron chi connectivity index (χ0n) is 8.48. The van der Waals surface area contributed by atoms with Crippen LogP contribution in [-0.4, -0.2) is 6.72 Å². The first-order valence-electron chi connectivity index (χ1n) is 4.64. The maximum atomic E-state index is 3.99. The molecule has 0 aromatic heterocycles. The maximum absolute atomic E-state index is 3.99. The summed E-state index contributed by atoms with van der Waals surface area (Å²) in [5, 5.41) is 0. The largest absolute Gasteiger partial charge is 0.268 e. The van der Waals surface area contributed by atoms with Crippen molar-refractivity contribution in [3.05, 3.63) is 60.3 Å². The number of aliphatic imine (C=N–C) groups is 1. The molecule has 0 spiro atoms. The lowest BCUT2D eigenvalue weighted by Gasteiger charge is -2.11. The van der Waals surface area contributed by atoms with Gasteiger partial charge in [-0.2, -0.15) is 0 Å². The van der Waals surface area contributed by atoms with Gasteiger partial charge >= 0.3 is 0 Å². The van der Waals surface area contributed by atoms with E-state index in [1.807, 2.05) is 24.3 Å². The molecule has 0 saturated carbocycles. The minimum absolute atomic E-state index is 0.270. The summed E-state index contributed by atoms with van der Waals surface area (Å²) in [6.07, 6.45) is 3.63. The van der Waals surface area contributed by atoms with Gasteiger partial charge in [0.05, 0.1) is 0 Å². The Labute approximate surface area is 85.5 Å². The summed E-state index contributed by atoms with van der Waals surface area (Å²) < 4.78 is 0. The lowest BCUT2D eigenvalue weighted by Crippen LogP contribution is -1.95. The van der Waals surface area contributed by atoms with Gasteiger partial charge in [-0.3, -0.25) is 4.99 Å². The van der Waals surface area contributed by atoms with Gasteiger partial charge in [0, 0.05) is 11.6 Å². The Morgan fingerprint density at radius 3 is 2.50 bits per heavy atom. The van der Waals surface area contributed by atoms with Crippen molar-refractivity contribution in [2.75, 3.05) is 0 Å². The lowest BCUT2D eigenvalue weighted by molar-refractivity contribution is 0.881. The highest BCUT2D eigenvalue weighted by atomic mass is 14.7. The molecule has 0 aliphatic heterocycles. The van der Waals surface area contributed by atoms with Crippen molar-refractivity contribution in [2.45, 2.75) is 12.8 Å². The van der Waals surface area contributed by atoms with Gasteiger partial charge in [-0.05, 0) is 18.4 Å². The molecule has 1 atom stereocenters. The molecule has 0 aliphatic carbocycles. The van der Waals surface area contributed by atoms with Crippen LogP contribution in [0.1, 0.15) is 18.4 Å². The zero-order valence-corrected chi connectivity index (χ0v) is 8.48. The molecule has 0 heterocycles. The van der Waals surface area contributed by atoms with Crippen molar-refractivity contribution >= 4 is 6.72 Å². The molecule has 14 heavy (non-hydrogen) atoms. The highest BCUT2D eigenvalue weighted by molar-refractivity contribution is 5.36. The Bertz CT molecular complexity index is 336. The van der Waals surface area contributed by atoms with Gasteiger partial charge in [0.1, 0.15) is 0 Å². The topological polar surface area (TPSA) is 12.4 Å². The van der Waals surface area contributed by atoms with E-state index in [1.165, 1.54) is 5.56 Å². The first kappa shape index (κ1) is 10.5. The van der Waals surface area contributed by atoms with Gasteiger partial charge in [0.15, 0.2) is 0 Å². The first-order chi connectivity index (χ1) is 6.79. The molecule has 0 radical (unpaired) electrons. The van der Waals surface area contributed by atoms with Crippen molar-refractivity contribution in [3.63, 3.8) is 0 Å². The number of hydrogen-bond donors (Lipinski definition) is 0. The summed E-state index contributed by atoms with van der Waals surface area (Å²) in [4.78, 5) is 3.99. The predicted molar refractivity (Wildman–Crippen MR) is 62.7 cm³/mol. The fraction of sp³-hybridized carbons (Fsp3) is 0.154. The van der Waals surface area contributed by atoms with Crippen LogP contribution >= 0.6 is 0 Å². The second kappa shape index (κ2) is 5.18. The molecule has 1 nitrogen and oxygen atoms in total. The molecule has 1 rings (SSSR count). The minimum Gasteiger partial charge on any atom is -0.268 e. The Kier molecular flexibility index (Phi) is 3.86. The van der Waals surface area contributed by atoms with E-state index in [0.29, 0.717) is 0 Å². The minimum atomic E-state index is 0.270. The smallest absolute Gasteiger partial charge is 0.0468 e. The maximum Gasteiger partial charge on any atom is 0.0468 e. The third-order valence-corrected chi connectivity index (χ3v) is 2.21. The summed E-state index contributed by atoms with van der Waals surface area (Å²) in [6.45, 7) is 9.33. The average molecular weight is 185 g/mol. The molecule has 72 valence electrons. The van der Waals surface area contributed by atoms with Crippen LogP contribution in [0.5, 0.6) is 0 Å². The van der Waals surface area contributed by atoms with E-state index in [9.17, 15) is 0 Å². The van der Waals surface area contributed by atoms with Crippen molar-refractivity contribution in [3.8, 4) is 0 Å². The molecule has 1 heteroatoms.